The van der Waals surface area contributed by atoms with Gasteiger partial charge in [-0.15, -0.1) is 0 Å². The number of carbonyl (C=O) groups excluding carboxylic acids is 1. The van der Waals surface area contributed by atoms with Crippen LogP contribution in [0.15, 0.2) is 59.6 Å². The summed E-state index contributed by atoms with van der Waals surface area (Å²) in [6.45, 7) is 4.57. The van der Waals surface area contributed by atoms with Crippen LogP contribution in [0.4, 0.5) is 0 Å². The first-order valence-corrected chi connectivity index (χ1v) is 9.16. The molecular weight excluding hydrogens is 340 g/mol. The van der Waals surface area contributed by atoms with Crippen molar-refractivity contribution in [2.75, 3.05) is 33.3 Å². The van der Waals surface area contributed by atoms with Crippen LogP contribution in [0.1, 0.15) is 22.3 Å². The van der Waals surface area contributed by atoms with E-state index in [9.17, 15) is 4.79 Å². The molecule has 3 N–H and O–H groups in total. The third-order valence-corrected chi connectivity index (χ3v) is 3.88. The highest BCUT2D eigenvalue weighted by molar-refractivity contribution is 5.94. The summed E-state index contributed by atoms with van der Waals surface area (Å²) >= 11 is 0. The summed E-state index contributed by atoms with van der Waals surface area (Å²) in [6, 6.07) is 17.2. The summed E-state index contributed by atoms with van der Waals surface area (Å²) in [6.07, 6.45) is 0.805. The van der Waals surface area contributed by atoms with Gasteiger partial charge in [-0.2, -0.15) is 0 Å². The van der Waals surface area contributed by atoms with Gasteiger partial charge in [-0.05, 0) is 37.6 Å². The molecule has 2 aromatic carbocycles. The minimum Gasteiger partial charge on any atom is -0.492 e. The second kappa shape index (κ2) is 11.6. The summed E-state index contributed by atoms with van der Waals surface area (Å²) in [4.78, 5) is 16.1. The number of amides is 1. The molecule has 0 saturated heterocycles. The summed E-state index contributed by atoms with van der Waals surface area (Å²) in [5.41, 5.74) is 1.89. The maximum Gasteiger partial charge on any atom is 0.251 e. The molecule has 0 fully saturated rings. The fraction of sp³-hybridized carbons (Fsp3) is 0.333. The quantitative estimate of drug-likeness (QED) is 0.361. The van der Waals surface area contributed by atoms with Gasteiger partial charge in [-0.25, -0.2) is 0 Å². The molecule has 0 radical (unpaired) electrons. The Labute approximate surface area is 161 Å². The van der Waals surface area contributed by atoms with E-state index in [1.807, 2.05) is 49.4 Å². The minimum atomic E-state index is -0.0497. The zero-order valence-electron chi connectivity index (χ0n) is 16.0. The Bertz CT molecular complexity index is 715. The molecule has 27 heavy (non-hydrogen) atoms. The van der Waals surface area contributed by atoms with Crippen molar-refractivity contribution in [3.05, 3.63) is 65.7 Å². The van der Waals surface area contributed by atoms with Gasteiger partial charge in [0.25, 0.3) is 5.91 Å². The fourth-order valence-corrected chi connectivity index (χ4v) is 2.38. The average Bonchev–Trinajstić information content (AvgIpc) is 2.71. The molecule has 0 atom stereocenters. The highest BCUT2D eigenvalue weighted by Gasteiger charge is 2.03. The second-order valence-electron chi connectivity index (χ2n) is 6.06. The average molecular weight is 368 g/mol. The van der Waals surface area contributed by atoms with E-state index >= 15 is 0 Å². The van der Waals surface area contributed by atoms with Gasteiger partial charge in [0.1, 0.15) is 12.4 Å². The highest BCUT2D eigenvalue weighted by Crippen LogP contribution is 2.10. The van der Waals surface area contributed by atoms with E-state index in [4.69, 9.17) is 4.74 Å². The van der Waals surface area contributed by atoms with E-state index in [1.54, 1.807) is 19.2 Å². The summed E-state index contributed by atoms with van der Waals surface area (Å²) in [7, 11) is 1.73. The van der Waals surface area contributed by atoms with Gasteiger partial charge in [0.2, 0.25) is 0 Å². The molecule has 2 rings (SSSR count). The van der Waals surface area contributed by atoms with Crippen LogP contribution in [0, 0.1) is 6.92 Å². The minimum absolute atomic E-state index is 0.0497. The van der Waals surface area contributed by atoms with Crippen molar-refractivity contribution in [3.63, 3.8) is 0 Å². The number of nitrogens with one attached hydrogen (secondary N) is 3. The predicted octanol–water partition coefficient (Wildman–Crippen LogP) is 2.36. The van der Waals surface area contributed by atoms with Gasteiger partial charge in [0.15, 0.2) is 5.96 Å². The Kier molecular flexibility index (Phi) is 8.69. The van der Waals surface area contributed by atoms with E-state index in [0.717, 1.165) is 18.1 Å². The number of aliphatic imine (C=N–C) groups is 1. The van der Waals surface area contributed by atoms with Crippen LogP contribution in [0.25, 0.3) is 0 Å². The molecule has 0 aliphatic rings. The van der Waals surface area contributed by atoms with Gasteiger partial charge in [0.05, 0.1) is 6.54 Å². The maximum atomic E-state index is 11.9. The molecule has 2 aromatic rings. The van der Waals surface area contributed by atoms with Gasteiger partial charge in [0, 0.05) is 25.7 Å². The first-order valence-electron chi connectivity index (χ1n) is 9.16. The molecule has 6 nitrogen and oxygen atoms in total. The Morgan fingerprint density at radius 3 is 2.30 bits per heavy atom. The van der Waals surface area contributed by atoms with Gasteiger partial charge in [-0.1, -0.05) is 35.9 Å². The third-order valence-electron chi connectivity index (χ3n) is 3.88. The summed E-state index contributed by atoms with van der Waals surface area (Å²) in [5, 5.41) is 9.33. The van der Waals surface area contributed by atoms with Crippen molar-refractivity contribution >= 4 is 11.9 Å². The van der Waals surface area contributed by atoms with E-state index in [2.05, 4.69) is 20.9 Å². The molecule has 0 unspecified atom stereocenters. The topological polar surface area (TPSA) is 74.8 Å². The molecular formula is C21H28N4O2. The van der Waals surface area contributed by atoms with Gasteiger partial charge >= 0.3 is 0 Å². The number of aryl methyl sites for hydroxylation is 1. The lowest BCUT2D eigenvalue weighted by Crippen LogP contribution is -2.40. The number of hydrogen-bond donors (Lipinski definition) is 3. The monoisotopic (exact) mass is 368 g/mol. The van der Waals surface area contributed by atoms with Crippen LogP contribution >= 0.6 is 0 Å². The number of nitrogens with zero attached hydrogens (tertiary/aromatic N) is 1. The number of ether oxygens (including phenoxy) is 1. The highest BCUT2D eigenvalue weighted by atomic mass is 16.5. The van der Waals surface area contributed by atoms with Crippen molar-refractivity contribution in [2.45, 2.75) is 13.3 Å². The van der Waals surface area contributed by atoms with Crippen LogP contribution in [-0.4, -0.2) is 45.2 Å². The fourth-order valence-electron chi connectivity index (χ4n) is 2.38. The maximum absolute atomic E-state index is 11.9. The van der Waals surface area contributed by atoms with E-state index in [1.165, 1.54) is 5.56 Å². The van der Waals surface area contributed by atoms with Crippen LogP contribution in [0.3, 0.4) is 0 Å². The first kappa shape index (κ1) is 20.3. The molecule has 0 aromatic heterocycles. The van der Waals surface area contributed by atoms with E-state index in [0.29, 0.717) is 31.8 Å². The van der Waals surface area contributed by atoms with Crippen molar-refractivity contribution in [3.8, 4) is 5.75 Å². The summed E-state index contributed by atoms with van der Waals surface area (Å²) < 4.78 is 5.67. The number of benzene rings is 2. The molecule has 0 heterocycles. The lowest BCUT2D eigenvalue weighted by molar-refractivity contribution is 0.0953. The van der Waals surface area contributed by atoms with Crippen molar-refractivity contribution < 1.29 is 9.53 Å². The number of carbonyl (C=O) groups is 1. The van der Waals surface area contributed by atoms with Crippen molar-refractivity contribution in [1.29, 1.82) is 0 Å². The number of guanidine groups is 1. The molecule has 1 amide bonds. The Morgan fingerprint density at radius 1 is 0.926 bits per heavy atom. The Hall–Kier alpha value is -3.02. The zero-order chi connectivity index (χ0) is 19.3. The summed E-state index contributed by atoms with van der Waals surface area (Å²) in [5.74, 6) is 1.53. The van der Waals surface area contributed by atoms with E-state index in [-0.39, 0.29) is 5.91 Å². The zero-order valence-corrected chi connectivity index (χ0v) is 16.0. The number of hydrogen-bond acceptors (Lipinski definition) is 3. The number of rotatable bonds is 9. The molecule has 0 aliphatic heterocycles. The van der Waals surface area contributed by atoms with Crippen LogP contribution in [0.2, 0.25) is 0 Å². The SMILES string of the molecule is CN=C(NCCCNC(=O)c1ccccc1)NCCOc1ccc(C)cc1. The van der Waals surface area contributed by atoms with Crippen molar-refractivity contribution in [2.24, 2.45) is 4.99 Å². The first-order chi connectivity index (χ1) is 13.2. The Morgan fingerprint density at radius 2 is 1.59 bits per heavy atom. The smallest absolute Gasteiger partial charge is 0.251 e. The second-order valence-corrected chi connectivity index (χ2v) is 6.06. The van der Waals surface area contributed by atoms with Gasteiger partial charge < -0.3 is 20.7 Å². The van der Waals surface area contributed by atoms with E-state index < -0.39 is 0 Å². The largest absolute Gasteiger partial charge is 0.492 e. The standard InChI is InChI=1S/C21H28N4O2/c1-17-9-11-19(12-10-17)27-16-15-25-21(22-2)24-14-6-13-23-20(26)18-7-4-3-5-8-18/h3-5,7-12H,6,13-16H2,1-2H3,(H,23,26)(H2,22,24,25). The molecule has 6 heteroatoms. The van der Waals surface area contributed by atoms with Crippen molar-refractivity contribution in [1.82, 2.24) is 16.0 Å². The molecule has 0 spiro atoms. The molecule has 0 aliphatic carbocycles. The lowest BCUT2D eigenvalue weighted by Gasteiger charge is -2.13. The third kappa shape index (κ3) is 7.81. The van der Waals surface area contributed by atoms with Crippen LogP contribution < -0.4 is 20.7 Å². The normalized spacial score (nSPS) is 11.0. The Balaban J connectivity index is 1.55. The lowest BCUT2D eigenvalue weighted by atomic mass is 10.2. The molecule has 0 bridgehead atoms. The molecule has 0 saturated carbocycles. The molecule has 144 valence electrons. The van der Waals surface area contributed by atoms with Crippen LogP contribution in [0.5, 0.6) is 5.75 Å². The predicted molar refractivity (Wildman–Crippen MR) is 109 cm³/mol. The van der Waals surface area contributed by atoms with Crippen LogP contribution in [-0.2, 0) is 0 Å². The van der Waals surface area contributed by atoms with Gasteiger partial charge in [-0.3, -0.25) is 9.79 Å².